The van der Waals surface area contributed by atoms with E-state index in [2.05, 4.69) is 26.3 Å². The van der Waals surface area contributed by atoms with Crippen LogP contribution in [0.5, 0.6) is 17.2 Å². The Kier molecular flexibility index (Phi) is 8.54. The average molecular weight is 596 g/mol. The van der Waals surface area contributed by atoms with Gasteiger partial charge in [-0.05, 0) is 91.5 Å². The number of carbonyl (C=O) groups is 1. The molecule has 2 aromatic carbocycles. The lowest BCUT2D eigenvalue weighted by Gasteiger charge is -2.16. The molecule has 0 spiro atoms. The number of alkyl halides is 3. The molecule has 1 heterocycles. The van der Waals surface area contributed by atoms with Crippen molar-refractivity contribution in [1.82, 2.24) is 9.78 Å². The molecule has 1 atom stereocenters. The van der Waals surface area contributed by atoms with Crippen LogP contribution < -0.4 is 19.5 Å². The summed E-state index contributed by atoms with van der Waals surface area (Å²) in [5.74, 6) is 1.40. The fraction of sp³-hybridized carbons (Fsp3) is 0.407. The summed E-state index contributed by atoms with van der Waals surface area (Å²) in [6.45, 7) is 6.69. The molecule has 1 aliphatic carbocycles. The Morgan fingerprint density at radius 3 is 2.34 bits per heavy atom. The lowest BCUT2D eigenvalue weighted by molar-refractivity contribution is -0.142. The van der Waals surface area contributed by atoms with Crippen molar-refractivity contribution in [2.45, 2.75) is 58.4 Å². The first kappa shape index (κ1) is 27.8. The predicted octanol–water partition coefficient (Wildman–Crippen LogP) is 7.12. The Morgan fingerprint density at radius 2 is 1.74 bits per heavy atom. The lowest BCUT2D eigenvalue weighted by Crippen LogP contribution is -2.26. The van der Waals surface area contributed by atoms with Gasteiger partial charge in [-0.2, -0.15) is 18.3 Å². The SMILES string of the molecule is CCOc1ccc(COc2ccc(NC(=O)C(C)n3nc(C(F)(F)F)c(Br)c3C3CC3)cc2)cc1OCC. The molecule has 1 aliphatic rings. The van der Waals surface area contributed by atoms with E-state index in [4.69, 9.17) is 14.2 Å². The number of nitrogens with one attached hydrogen (secondary N) is 1. The van der Waals surface area contributed by atoms with E-state index in [1.165, 1.54) is 11.6 Å². The van der Waals surface area contributed by atoms with Crippen molar-refractivity contribution in [1.29, 1.82) is 0 Å². The van der Waals surface area contributed by atoms with Crippen LogP contribution in [-0.2, 0) is 17.6 Å². The molecule has 11 heteroatoms. The first-order chi connectivity index (χ1) is 18.1. The average Bonchev–Trinajstić information content (AvgIpc) is 3.65. The van der Waals surface area contributed by atoms with Crippen molar-refractivity contribution in [3.8, 4) is 17.2 Å². The van der Waals surface area contributed by atoms with Crippen LogP contribution in [0, 0.1) is 0 Å². The molecule has 1 unspecified atom stereocenters. The van der Waals surface area contributed by atoms with Gasteiger partial charge in [0.15, 0.2) is 17.2 Å². The highest BCUT2D eigenvalue weighted by atomic mass is 79.9. The number of benzene rings is 2. The third-order valence-corrected chi connectivity index (χ3v) is 6.78. The maximum Gasteiger partial charge on any atom is 0.436 e. The second-order valence-corrected chi connectivity index (χ2v) is 9.68. The fourth-order valence-electron chi connectivity index (χ4n) is 3.97. The van der Waals surface area contributed by atoms with Gasteiger partial charge in [-0.15, -0.1) is 0 Å². The van der Waals surface area contributed by atoms with Gasteiger partial charge in [0.25, 0.3) is 0 Å². The third kappa shape index (κ3) is 6.43. The van der Waals surface area contributed by atoms with Gasteiger partial charge in [0, 0.05) is 11.6 Å². The molecule has 1 aromatic heterocycles. The minimum absolute atomic E-state index is 0.0420. The van der Waals surface area contributed by atoms with Gasteiger partial charge < -0.3 is 19.5 Å². The number of halogens is 4. The zero-order chi connectivity index (χ0) is 27.4. The number of nitrogens with zero attached hydrogens (tertiary/aromatic N) is 2. The normalized spacial score (nSPS) is 14.2. The van der Waals surface area contributed by atoms with Gasteiger partial charge in [-0.3, -0.25) is 9.48 Å². The maximum absolute atomic E-state index is 13.4. The minimum Gasteiger partial charge on any atom is -0.490 e. The molecule has 1 amide bonds. The van der Waals surface area contributed by atoms with Gasteiger partial charge in [0.1, 0.15) is 18.4 Å². The predicted molar refractivity (Wildman–Crippen MR) is 140 cm³/mol. The van der Waals surface area contributed by atoms with Crippen molar-refractivity contribution in [3.05, 3.63) is 63.9 Å². The second-order valence-electron chi connectivity index (χ2n) is 8.89. The quantitative estimate of drug-likeness (QED) is 0.255. The van der Waals surface area contributed by atoms with Crippen LogP contribution >= 0.6 is 15.9 Å². The summed E-state index contributed by atoms with van der Waals surface area (Å²) in [7, 11) is 0. The standard InChI is InChI=1S/C27H29BrF3N3O4/c1-4-36-21-13-6-17(14-22(21)37-5-2)15-38-20-11-9-19(10-12-20)32-26(35)16(3)34-24(18-7-8-18)23(28)25(33-34)27(29,30)31/h6,9-14,16,18H,4-5,7-8,15H2,1-3H3,(H,32,35). The zero-order valence-corrected chi connectivity index (χ0v) is 22.9. The van der Waals surface area contributed by atoms with Gasteiger partial charge in [0.2, 0.25) is 5.91 Å². The van der Waals surface area contributed by atoms with Crippen molar-refractivity contribution in [2.24, 2.45) is 0 Å². The van der Waals surface area contributed by atoms with E-state index in [1.807, 2.05) is 32.0 Å². The molecular formula is C27H29BrF3N3O4. The van der Waals surface area contributed by atoms with Gasteiger partial charge >= 0.3 is 6.18 Å². The molecule has 1 fully saturated rings. The number of amides is 1. The summed E-state index contributed by atoms with van der Waals surface area (Å²) in [4.78, 5) is 12.9. The van der Waals surface area contributed by atoms with Crippen LogP contribution in [-0.4, -0.2) is 28.9 Å². The second kappa shape index (κ2) is 11.7. The van der Waals surface area contributed by atoms with E-state index in [1.54, 1.807) is 24.3 Å². The van der Waals surface area contributed by atoms with Crippen LogP contribution in [0.25, 0.3) is 0 Å². The minimum atomic E-state index is -4.62. The van der Waals surface area contributed by atoms with Crippen LogP contribution in [0.2, 0.25) is 0 Å². The highest BCUT2D eigenvalue weighted by molar-refractivity contribution is 9.10. The Balaban J connectivity index is 1.39. The molecule has 3 aromatic rings. The highest BCUT2D eigenvalue weighted by Gasteiger charge is 2.43. The van der Waals surface area contributed by atoms with E-state index < -0.39 is 23.8 Å². The molecule has 7 nitrogen and oxygen atoms in total. The molecule has 0 radical (unpaired) electrons. The van der Waals surface area contributed by atoms with E-state index >= 15 is 0 Å². The van der Waals surface area contributed by atoms with Crippen LogP contribution in [0.15, 0.2) is 46.9 Å². The summed E-state index contributed by atoms with van der Waals surface area (Å²) in [5.41, 5.74) is 0.786. The Bertz CT molecular complexity index is 1270. The van der Waals surface area contributed by atoms with Crippen molar-refractivity contribution >= 4 is 27.5 Å². The Morgan fingerprint density at radius 1 is 1.08 bits per heavy atom. The summed E-state index contributed by atoms with van der Waals surface area (Å²) in [5, 5.41) is 6.51. The molecule has 1 N–H and O–H groups in total. The lowest BCUT2D eigenvalue weighted by atomic mass is 10.2. The summed E-state index contributed by atoms with van der Waals surface area (Å²) in [6, 6.07) is 11.4. The first-order valence-corrected chi connectivity index (χ1v) is 13.2. The van der Waals surface area contributed by atoms with Crippen molar-refractivity contribution in [3.63, 3.8) is 0 Å². The summed E-state index contributed by atoms with van der Waals surface area (Å²) in [6.07, 6.45) is -3.09. The number of hydrogen-bond acceptors (Lipinski definition) is 5. The number of ether oxygens (including phenoxy) is 3. The molecule has 0 saturated heterocycles. The first-order valence-electron chi connectivity index (χ1n) is 12.4. The molecular weight excluding hydrogens is 567 g/mol. The molecule has 38 heavy (non-hydrogen) atoms. The number of anilines is 1. The van der Waals surface area contributed by atoms with Gasteiger partial charge in [0.05, 0.1) is 23.4 Å². The van der Waals surface area contributed by atoms with E-state index in [-0.39, 0.29) is 10.4 Å². The summed E-state index contributed by atoms with van der Waals surface area (Å²) < 4.78 is 58.4. The van der Waals surface area contributed by atoms with E-state index in [0.717, 1.165) is 18.4 Å². The van der Waals surface area contributed by atoms with Crippen LogP contribution in [0.1, 0.15) is 62.5 Å². The smallest absolute Gasteiger partial charge is 0.436 e. The molecule has 204 valence electrons. The monoisotopic (exact) mass is 595 g/mol. The number of rotatable bonds is 11. The largest absolute Gasteiger partial charge is 0.490 e. The summed E-state index contributed by atoms with van der Waals surface area (Å²) >= 11 is 3.06. The number of hydrogen-bond donors (Lipinski definition) is 1. The molecule has 0 bridgehead atoms. The third-order valence-electron chi connectivity index (χ3n) is 6.00. The fourth-order valence-corrected chi connectivity index (χ4v) is 4.78. The van der Waals surface area contributed by atoms with Crippen LogP contribution in [0.3, 0.4) is 0 Å². The topological polar surface area (TPSA) is 74.6 Å². The van der Waals surface area contributed by atoms with Gasteiger partial charge in [-0.1, -0.05) is 6.07 Å². The molecule has 4 rings (SSSR count). The molecule has 1 saturated carbocycles. The number of aromatic nitrogens is 2. The van der Waals surface area contributed by atoms with Crippen LogP contribution in [0.4, 0.5) is 18.9 Å². The van der Waals surface area contributed by atoms with Crippen molar-refractivity contribution < 1.29 is 32.2 Å². The molecule has 0 aliphatic heterocycles. The van der Waals surface area contributed by atoms with E-state index in [0.29, 0.717) is 48.5 Å². The van der Waals surface area contributed by atoms with Gasteiger partial charge in [-0.25, -0.2) is 0 Å². The highest BCUT2D eigenvalue weighted by Crippen LogP contribution is 2.47. The Hall–Kier alpha value is -3.21. The van der Waals surface area contributed by atoms with Crippen molar-refractivity contribution in [2.75, 3.05) is 18.5 Å². The number of carbonyl (C=O) groups excluding carboxylic acids is 1. The Labute approximate surface area is 227 Å². The van der Waals surface area contributed by atoms with E-state index in [9.17, 15) is 18.0 Å². The maximum atomic E-state index is 13.4. The zero-order valence-electron chi connectivity index (χ0n) is 21.3.